The highest BCUT2D eigenvalue weighted by molar-refractivity contribution is 6.34. The van der Waals surface area contributed by atoms with Crippen LogP contribution in [-0.4, -0.2) is 28.6 Å². The summed E-state index contributed by atoms with van der Waals surface area (Å²) in [4.78, 5) is 0. The minimum absolute atomic E-state index is 0.447. The molecular weight excluding hydrogens is 287 g/mol. The summed E-state index contributed by atoms with van der Waals surface area (Å²) in [6, 6.07) is 5.12. The Balaban J connectivity index is 1.87. The van der Waals surface area contributed by atoms with Crippen LogP contribution in [0, 0.1) is 0 Å². The Kier molecular flexibility index (Phi) is 5.01. The largest absolute Gasteiger partial charge is 0.490 e. The van der Waals surface area contributed by atoms with Crippen molar-refractivity contribution in [2.75, 3.05) is 13.7 Å². The van der Waals surface area contributed by atoms with Crippen molar-refractivity contribution in [3.8, 4) is 5.75 Å². The van der Waals surface area contributed by atoms with Gasteiger partial charge in [0, 0.05) is 23.8 Å². The van der Waals surface area contributed by atoms with E-state index in [-0.39, 0.29) is 0 Å². The molecule has 5 nitrogen and oxygen atoms in total. The maximum atomic E-state index is 6.00. The van der Waals surface area contributed by atoms with Gasteiger partial charge in [0.1, 0.15) is 12.4 Å². The van der Waals surface area contributed by atoms with E-state index in [2.05, 4.69) is 15.6 Å². The van der Waals surface area contributed by atoms with E-state index >= 15 is 0 Å². The van der Waals surface area contributed by atoms with Crippen LogP contribution < -0.4 is 10.1 Å². The van der Waals surface area contributed by atoms with E-state index in [0.29, 0.717) is 35.5 Å². The van der Waals surface area contributed by atoms with Crippen LogP contribution >= 0.6 is 23.2 Å². The van der Waals surface area contributed by atoms with E-state index in [9.17, 15) is 0 Å². The lowest BCUT2D eigenvalue weighted by atomic mass is 10.3. The normalized spacial score (nSPS) is 10.7. The predicted molar refractivity (Wildman–Crippen MR) is 74.7 cm³/mol. The first-order chi connectivity index (χ1) is 9.19. The average Bonchev–Trinajstić information content (AvgIpc) is 2.82. The minimum Gasteiger partial charge on any atom is -0.490 e. The standard InChI is InChI=1S/C12H14Cl2N4O/c1-15-7-10-8-18(17-16-10)4-5-19-12-6-9(13)2-3-11(12)14/h2-3,6,8,15H,4-5,7H2,1H3. The smallest absolute Gasteiger partial charge is 0.139 e. The van der Waals surface area contributed by atoms with E-state index in [1.54, 1.807) is 22.9 Å². The van der Waals surface area contributed by atoms with Gasteiger partial charge in [-0.2, -0.15) is 0 Å². The highest BCUT2D eigenvalue weighted by Crippen LogP contribution is 2.27. The van der Waals surface area contributed by atoms with E-state index < -0.39 is 0 Å². The lowest BCUT2D eigenvalue weighted by Crippen LogP contribution is -2.09. The summed E-state index contributed by atoms with van der Waals surface area (Å²) in [6.45, 7) is 1.74. The molecule has 0 aliphatic carbocycles. The summed E-state index contributed by atoms with van der Waals surface area (Å²) in [5.41, 5.74) is 0.892. The fraction of sp³-hybridized carbons (Fsp3) is 0.333. The highest BCUT2D eigenvalue weighted by Gasteiger charge is 2.03. The molecule has 2 rings (SSSR count). The second-order valence-corrected chi connectivity index (χ2v) is 4.77. The van der Waals surface area contributed by atoms with Crippen molar-refractivity contribution < 1.29 is 4.74 Å². The van der Waals surface area contributed by atoms with Gasteiger partial charge in [-0.3, -0.25) is 0 Å². The van der Waals surface area contributed by atoms with Gasteiger partial charge in [0.05, 0.1) is 17.3 Å². The Morgan fingerprint density at radius 2 is 2.21 bits per heavy atom. The van der Waals surface area contributed by atoms with E-state index in [4.69, 9.17) is 27.9 Å². The molecule has 102 valence electrons. The van der Waals surface area contributed by atoms with Crippen molar-refractivity contribution in [1.82, 2.24) is 20.3 Å². The van der Waals surface area contributed by atoms with Gasteiger partial charge in [-0.25, -0.2) is 4.68 Å². The maximum Gasteiger partial charge on any atom is 0.139 e. The second-order valence-electron chi connectivity index (χ2n) is 3.93. The van der Waals surface area contributed by atoms with Crippen LogP contribution in [0.25, 0.3) is 0 Å². The Morgan fingerprint density at radius 3 is 3.00 bits per heavy atom. The number of hydrogen-bond donors (Lipinski definition) is 1. The number of halogens is 2. The summed E-state index contributed by atoms with van der Waals surface area (Å²) >= 11 is 11.9. The van der Waals surface area contributed by atoms with Gasteiger partial charge in [0.25, 0.3) is 0 Å². The fourth-order valence-corrected chi connectivity index (χ4v) is 1.88. The third-order valence-electron chi connectivity index (χ3n) is 2.42. The average molecular weight is 301 g/mol. The molecule has 0 atom stereocenters. The highest BCUT2D eigenvalue weighted by atomic mass is 35.5. The molecule has 0 saturated carbocycles. The third-order valence-corrected chi connectivity index (χ3v) is 2.96. The van der Waals surface area contributed by atoms with Crippen molar-refractivity contribution in [2.24, 2.45) is 0 Å². The molecule has 1 aromatic carbocycles. The summed E-state index contributed by atoms with van der Waals surface area (Å²) in [5.74, 6) is 0.574. The predicted octanol–water partition coefficient (Wildman–Crippen LogP) is 2.38. The van der Waals surface area contributed by atoms with Gasteiger partial charge in [-0.1, -0.05) is 28.4 Å². The third kappa shape index (κ3) is 4.09. The number of benzene rings is 1. The molecular formula is C12H14Cl2N4O. The van der Waals surface area contributed by atoms with Crippen LogP contribution in [0.4, 0.5) is 0 Å². The van der Waals surface area contributed by atoms with Crippen LogP contribution in [0.3, 0.4) is 0 Å². The zero-order valence-electron chi connectivity index (χ0n) is 10.4. The molecule has 1 N–H and O–H groups in total. The van der Waals surface area contributed by atoms with Gasteiger partial charge >= 0.3 is 0 Å². The molecule has 19 heavy (non-hydrogen) atoms. The first-order valence-electron chi connectivity index (χ1n) is 5.80. The summed E-state index contributed by atoms with van der Waals surface area (Å²) < 4.78 is 7.30. The number of rotatable bonds is 6. The zero-order chi connectivity index (χ0) is 13.7. The topological polar surface area (TPSA) is 52.0 Å². The Hall–Kier alpha value is -1.30. The summed E-state index contributed by atoms with van der Waals surface area (Å²) in [7, 11) is 1.86. The molecule has 2 aromatic rings. The van der Waals surface area contributed by atoms with E-state index in [1.165, 1.54) is 0 Å². The van der Waals surface area contributed by atoms with Gasteiger partial charge in [-0.05, 0) is 19.2 Å². The molecule has 1 heterocycles. The number of hydrogen-bond acceptors (Lipinski definition) is 4. The van der Waals surface area contributed by atoms with Crippen molar-refractivity contribution >= 4 is 23.2 Å². The molecule has 0 aliphatic heterocycles. The first-order valence-corrected chi connectivity index (χ1v) is 6.56. The van der Waals surface area contributed by atoms with Crippen molar-refractivity contribution in [2.45, 2.75) is 13.1 Å². The molecule has 0 fully saturated rings. The molecule has 0 spiro atoms. The van der Waals surface area contributed by atoms with E-state index in [1.807, 2.05) is 13.2 Å². The summed E-state index contributed by atoms with van der Waals surface area (Å²) in [5, 5.41) is 12.2. The number of aromatic nitrogens is 3. The molecule has 7 heteroatoms. The summed E-state index contributed by atoms with van der Waals surface area (Å²) in [6.07, 6.45) is 1.87. The zero-order valence-corrected chi connectivity index (χ0v) is 11.9. The molecule has 0 saturated heterocycles. The lowest BCUT2D eigenvalue weighted by Gasteiger charge is -2.07. The monoisotopic (exact) mass is 300 g/mol. The minimum atomic E-state index is 0.447. The lowest BCUT2D eigenvalue weighted by molar-refractivity contribution is 0.290. The van der Waals surface area contributed by atoms with Gasteiger partial charge in [0.2, 0.25) is 0 Å². The van der Waals surface area contributed by atoms with Crippen molar-refractivity contribution in [3.05, 3.63) is 40.1 Å². The fourth-order valence-electron chi connectivity index (χ4n) is 1.55. The quantitative estimate of drug-likeness (QED) is 0.890. The maximum absolute atomic E-state index is 6.00. The van der Waals surface area contributed by atoms with Crippen LogP contribution in [0.2, 0.25) is 10.0 Å². The molecule has 0 unspecified atom stereocenters. The second kappa shape index (κ2) is 6.75. The molecule has 0 aliphatic rings. The van der Waals surface area contributed by atoms with Crippen LogP contribution in [0.5, 0.6) is 5.75 Å². The van der Waals surface area contributed by atoms with Crippen molar-refractivity contribution in [1.29, 1.82) is 0 Å². The SMILES string of the molecule is CNCc1cn(CCOc2cc(Cl)ccc2Cl)nn1. The van der Waals surface area contributed by atoms with Gasteiger partial charge in [-0.15, -0.1) is 5.10 Å². The number of nitrogens with one attached hydrogen (secondary N) is 1. The molecule has 0 amide bonds. The Labute approximate surface area is 121 Å². The van der Waals surface area contributed by atoms with Crippen LogP contribution in [-0.2, 0) is 13.1 Å². The Bertz CT molecular complexity index is 544. The molecule has 0 bridgehead atoms. The van der Waals surface area contributed by atoms with Gasteiger partial charge in [0.15, 0.2) is 0 Å². The Morgan fingerprint density at radius 1 is 1.37 bits per heavy atom. The van der Waals surface area contributed by atoms with Gasteiger partial charge < -0.3 is 10.1 Å². The van der Waals surface area contributed by atoms with Crippen LogP contribution in [0.15, 0.2) is 24.4 Å². The first kappa shape index (κ1) is 14.1. The van der Waals surface area contributed by atoms with E-state index in [0.717, 1.165) is 5.69 Å². The number of nitrogens with zero attached hydrogens (tertiary/aromatic N) is 3. The molecule has 0 radical (unpaired) electrons. The van der Waals surface area contributed by atoms with Crippen LogP contribution in [0.1, 0.15) is 5.69 Å². The van der Waals surface area contributed by atoms with Crippen molar-refractivity contribution in [3.63, 3.8) is 0 Å². The number of ether oxygens (including phenoxy) is 1. The molecule has 1 aromatic heterocycles.